The molecular formula is C19H25ClFN5O3. The highest BCUT2D eigenvalue weighted by Gasteiger charge is 2.35. The van der Waals surface area contributed by atoms with Crippen molar-refractivity contribution in [3.8, 4) is 6.07 Å². The van der Waals surface area contributed by atoms with E-state index in [4.69, 9.17) is 21.6 Å². The summed E-state index contributed by atoms with van der Waals surface area (Å²) in [5.74, 6) is 0.00581. The standard InChI is InChI=1S/C19H25ClFN5O3/c1-19(2,3)29-18(28)25(16-5-4-13(20)10-24-16)7-6-23-11-17(27)26-12-14(21)8-15(26)9-22/h4-5,10,14-15,23H,6-8,11-12H2,1-3H3/t14-,15-/m0/s1. The number of nitrogens with zero attached hydrogens (tertiary/aromatic N) is 4. The number of nitrogens with one attached hydrogen (secondary N) is 1. The van der Waals surface area contributed by atoms with Gasteiger partial charge in [-0.2, -0.15) is 5.26 Å². The fourth-order valence-electron chi connectivity index (χ4n) is 2.81. The fourth-order valence-corrected chi connectivity index (χ4v) is 2.93. The average molecular weight is 426 g/mol. The van der Waals surface area contributed by atoms with Crippen LogP contribution in [0.25, 0.3) is 0 Å². The van der Waals surface area contributed by atoms with E-state index < -0.39 is 23.9 Å². The van der Waals surface area contributed by atoms with Crippen LogP contribution in [0.2, 0.25) is 5.02 Å². The summed E-state index contributed by atoms with van der Waals surface area (Å²) in [4.78, 5) is 31.5. The van der Waals surface area contributed by atoms with Crippen LogP contribution in [0.15, 0.2) is 18.3 Å². The van der Waals surface area contributed by atoms with Gasteiger partial charge in [0.25, 0.3) is 0 Å². The zero-order chi connectivity index (χ0) is 21.6. The number of likely N-dealkylation sites (tertiary alicyclic amines) is 1. The highest BCUT2D eigenvalue weighted by Crippen LogP contribution is 2.20. The molecule has 1 aliphatic heterocycles. The minimum atomic E-state index is -1.18. The number of carbonyl (C=O) groups is 2. The number of amides is 2. The maximum absolute atomic E-state index is 13.5. The van der Waals surface area contributed by atoms with Crippen LogP contribution in [0.4, 0.5) is 15.0 Å². The minimum absolute atomic E-state index is 0.0386. The van der Waals surface area contributed by atoms with Crippen LogP contribution in [0.1, 0.15) is 27.2 Å². The van der Waals surface area contributed by atoms with Crippen molar-refractivity contribution in [3.05, 3.63) is 23.4 Å². The quantitative estimate of drug-likeness (QED) is 0.703. The largest absolute Gasteiger partial charge is 0.443 e. The number of aromatic nitrogens is 1. The second-order valence-electron chi connectivity index (χ2n) is 7.67. The van der Waals surface area contributed by atoms with Gasteiger partial charge in [0.05, 0.1) is 24.2 Å². The molecule has 0 spiro atoms. The van der Waals surface area contributed by atoms with E-state index in [1.54, 1.807) is 32.9 Å². The van der Waals surface area contributed by atoms with E-state index in [9.17, 15) is 14.0 Å². The number of halogens is 2. The SMILES string of the molecule is CC(C)(C)OC(=O)N(CCNCC(=O)N1C[C@@H](F)C[C@H]1C#N)c1ccc(Cl)cn1. The van der Waals surface area contributed by atoms with Crippen LogP contribution >= 0.6 is 11.6 Å². The maximum Gasteiger partial charge on any atom is 0.416 e. The van der Waals surface area contributed by atoms with Gasteiger partial charge in [0.15, 0.2) is 0 Å². The zero-order valence-corrected chi connectivity index (χ0v) is 17.4. The third kappa shape index (κ3) is 6.84. The van der Waals surface area contributed by atoms with Crippen LogP contribution in [0.3, 0.4) is 0 Å². The highest BCUT2D eigenvalue weighted by atomic mass is 35.5. The molecule has 0 unspecified atom stereocenters. The molecule has 0 aliphatic carbocycles. The van der Waals surface area contributed by atoms with Crippen molar-refractivity contribution in [2.75, 3.05) is 31.1 Å². The molecule has 0 radical (unpaired) electrons. The lowest BCUT2D eigenvalue weighted by Crippen LogP contribution is -2.44. The number of rotatable bonds is 6. The zero-order valence-electron chi connectivity index (χ0n) is 16.7. The third-order valence-corrected chi connectivity index (χ3v) is 4.33. The topological polar surface area (TPSA) is 98.6 Å². The van der Waals surface area contributed by atoms with Gasteiger partial charge in [0.2, 0.25) is 5.91 Å². The molecule has 2 amide bonds. The molecule has 0 saturated carbocycles. The second-order valence-corrected chi connectivity index (χ2v) is 8.10. The highest BCUT2D eigenvalue weighted by molar-refractivity contribution is 6.30. The average Bonchev–Trinajstić information content (AvgIpc) is 3.02. The van der Waals surface area contributed by atoms with Gasteiger partial charge in [-0.25, -0.2) is 14.2 Å². The van der Waals surface area contributed by atoms with Gasteiger partial charge >= 0.3 is 6.09 Å². The summed E-state index contributed by atoms with van der Waals surface area (Å²) in [7, 11) is 0. The number of nitriles is 1. The molecule has 2 heterocycles. The molecule has 1 aromatic heterocycles. The molecule has 10 heteroatoms. The Morgan fingerprint density at radius 2 is 2.21 bits per heavy atom. The Morgan fingerprint density at radius 3 is 2.79 bits per heavy atom. The summed E-state index contributed by atoms with van der Waals surface area (Å²) in [5.41, 5.74) is -0.684. The lowest BCUT2D eigenvalue weighted by atomic mass is 10.2. The molecular weight excluding hydrogens is 401 g/mol. The summed E-state index contributed by atoms with van der Waals surface area (Å²) < 4.78 is 18.9. The van der Waals surface area contributed by atoms with Gasteiger partial charge in [0, 0.05) is 25.7 Å². The Balaban J connectivity index is 1.94. The third-order valence-electron chi connectivity index (χ3n) is 4.11. The molecule has 0 bridgehead atoms. The number of pyridine rings is 1. The predicted octanol–water partition coefficient (Wildman–Crippen LogP) is 2.53. The molecule has 1 aliphatic rings. The molecule has 1 saturated heterocycles. The van der Waals surface area contributed by atoms with Crippen LogP contribution in [-0.4, -0.2) is 65.9 Å². The summed E-state index contributed by atoms with van der Waals surface area (Å²) >= 11 is 5.86. The first-order valence-corrected chi connectivity index (χ1v) is 9.64. The molecule has 2 atom stereocenters. The number of ether oxygens (including phenoxy) is 1. The van der Waals surface area contributed by atoms with Crippen molar-refractivity contribution in [3.63, 3.8) is 0 Å². The number of carbonyl (C=O) groups excluding carboxylic acids is 2. The lowest BCUT2D eigenvalue weighted by Gasteiger charge is -2.27. The Morgan fingerprint density at radius 1 is 1.48 bits per heavy atom. The van der Waals surface area contributed by atoms with Gasteiger partial charge in [-0.1, -0.05) is 11.6 Å². The fraction of sp³-hybridized carbons (Fsp3) is 0.579. The molecule has 29 heavy (non-hydrogen) atoms. The first-order chi connectivity index (χ1) is 13.6. The van der Waals surface area contributed by atoms with Gasteiger partial charge in [-0.15, -0.1) is 0 Å². The van der Waals surface area contributed by atoms with Gasteiger partial charge in [-0.3, -0.25) is 9.69 Å². The summed E-state index contributed by atoms with van der Waals surface area (Å²) in [6.07, 6.45) is -0.294. The van der Waals surface area contributed by atoms with Crippen molar-refractivity contribution in [2.45, 2.75) is 45.0 Å². The lowest BCUT2D eigenvalue weighted by molar-refractivity contribution is -0.130. The van der Waals surface area contributed by atoms with E-state index in [1.807, 2.05) is 6.07 Å². The van der Waals surface area contributed by atoms with E-state index in [-0.39, 0.29) is 38.5 Å². The summed E-state index contributed by atoms with van der Waals surface area (Å²) in [6.45, 7) is 5.58. The molecule has 158 valence electrons. The Bertz CT molecular complexity index is 763. The van der Waals surface area contributed by atoms with Crippen molar-refractivity contribution in [1.29, 1.82) is 5.26 Å². The predicted molar refractivity (Wildman–Crippen MR) is 106 cm³/mol. The molecule has 1 fully saturated rings. The Kier molecular flexibility index (Phi) is 7.76. The van der Waals surface area contributed by atoms with Crippen LogP contribution in [0, 0.1) is 11.3 Å². The molecule has 1 aromatic rings. The number of hydrogen-bond donors (Lipinski definition) is 1. The normalized spacial score (nSPS) is 19.0. The first-order valence-electron chi connectivity index (χ1n) is 9.26. The van der Waals surface area contributed by atoms with E-state index in [1.165, 1.54) is 16.0 Å². The molecule has 2 rings (SSSR count). The van der Waals surface area contributed by atoms with Crippen LogP contribution < -0.4 is 10.2 Å². The van der Waals surface area contributed by atoms with Crippen molar-refractivity contribution < 1.29 is 18.7 Å². The number of hydrogen-bond acceptors (Lipinski definition) is 6. The van der Waals surface area contributed by atoms with Crippen molar-refractivity contribution in [2.24, 2.45) is 0 Å². The van der Waals surface area contributed by atoms with E-state index >= 15 is 0 Å². The van der Waals surface area contributed by atoms with Gasteiger partial charge < -0.3 is 15.0 Å². The minimum Gasteiger partial charge on any atom is -0.443 e. The summed E-state index contributed by atoms with van der Waals surface area (Å²) in [6, 6.07) is 4.42. The van der Waals surface area contributed by atoms with Gasteiger partial charge in [-0.05, 0) is 32.9 Å². The smallest absolute Gasteiger partial charge is 0.416 e. The van der Waals surface area contributed by atoms with Crippen LogP contribution in [-0.2, 0) is 9.53 Å². The number of anilines is 1. The molecule has 1 N–H and O–H groups in total. The van der Waals surface area contributed by atoms with Gasteiger partial charge in [0.1, 0.15) is 23.6 Å². The number of alkyl halides is 1. The first kappa shape index (κ1) is 22.8. The van der Waals surface area contributed by atoms with E-state index in [2.05, 4.69) is 10.3 Å². The second kappa shape index (κ2) is 9.85. The molecule has 8 nitrogen and oxygen atoms in total. The maximum atomic E-state index is 13.5. The van der Waals surface area contributed by atoms with E-state index in [0.29, 0.717) is 10.8 Å². The van der Waals surface area contributed by atoms with Crippen molar-refractivity contribution >= 4 is 29.4 Å². The Hall–Kier alpha value is -2.44. The van der Waals surface area contributed by atoms with E-state index in [0.717, 1.165) is 0 Å². The summed E-state index contributed by atoms with van der Waals surface area (Å²) in [5, 5.41) is 12.4. The Labute approximate surface area is 174 Å². The molecule has 0 aromatic carbocycles. The monoisotopic (exact) mass is 425 g/mol. The van der Waals surface area contributed by atoms with Crippen LogP contribution in [0.5, 0.6) is 0 Å². The van der Waals surface area contributed by atoms with Crippen molar-refractivity contribution in [1.82, 2.24) is 15.2 Å².